The number of anilines is 8. The zero-order chi connectivity index (χ0) is 108. The summed E-state index contributed by atoms with van der Waals surface area (Å²) in [6.07, 6.45) is 7.07. The first kappa shape index (κ1) is 114. The second kappa shape index (κ2) is 51.1. The number of ketones is 3. The van der Waals surface area contributed by atoms with E-state index in [4.69, 9.17) is 18.8 Å². The SMILES string of the molecule is CC1(C)OB(c2ccc(NC(=O)Nc3ccc(F)c(F)c3)cc2)OC1(C)C.CCOC(=O)C[C@]1(CC)CCc2cc(-c3ccc(NC(=O)Nc4ccc(F)c(F)c4)cc3)ccc2C1=O.CCOC(=O)C[C@]1(CC)CCc2cc(C)ccc2C1=O.CC[C@@]1(CC(=O)O)CCc2cc(-c3ccc(NC(=O)Nc4ccc(F)c(F)c4)cc3)ccc2C1=O.O=C(Nc1ccc(Br)cc1)Nc1ccc(F)c(F)c1.O=C=Nc1ccc(F)c(F)c1. The number of amides is 8. The number of nitrogens with one attached hydrogen (secondary N) is 8. The number of nitrogens with zero attached hydrogens (tertiary/aromatic N) is 1. The third-order valence-corrected chi connectivity index (χ3v) is 26.4. The van der Waals surface area contributed by atoms with Gasteiger partial charge in [-0.15, -0.1) is 0 Å². The first-order chi connectivity index (χ1) is 70.8. The molecule has 776 valence electrons. The Morgan fingerprint density at radius 1 is 0.362 bits per heavy atom. The van der Waals surface area contributed by atoms with Crippen molar-refractivity contribution in [1.82, 2.24) is 0 Å². The number of hydrogen-bond donors (Lipinski definition) is 9. The molecule has 3 atom stereocenters. The fourth-order valence-electron chi connectivity index (χ4n) is 16.8. The normalized spacial score (nSPS) is 16.1. The quantitative estimate of drug-likeness (QED) is 0.00944. The molecule has 16 rings (SSSR count). The number of ether oxygens (including phenoxy) is 2. The molecule has 9 N–H and O–H groups in total. The minimum absolute atomic E-state index is 0.0116. The van der Waals surface area contributed by atoms with Gasteiger partial charge in [0, 0.05) is 113 Å². The highest BCUT2D eigenvalue weighted by atomic mass is 79.9. The van der Waals surface area contributed by atoms with Gasteiger partial charge in [-0.05, 0) is 272 Å². The van der Waals surface area contributed by atoms with E-state index in [-0.39, 0.29) is 77.0 Å². The van der Waals surface area contributed by atoms with Crippen LogP contribution < -0.4 is 48.0 Å². The van der Waals surface area contributed by atoms with E-state index >= 15 is 0 Å². The fraction of sp³-hybridized carbons (Fsp3) is 0.259. The van der Waals surface area contributed by atoms with Gasteiger partial charge in [-0.1, -0.05) is 133 Å². The summed E-state index contributed by atoms with van der Waals surface area (Å²) < 4.78 is 152. The van der Waals surface area contributed by atoms with Crippen molar-refractivity contribution in [1.29, 1.82) is 0 Å². The number of carboxylic acids is 1. The number of urea groups is 4. The molecule has 149 heavy (non-hydrogen) atoms. The maximum absolute atomic E-state index is 13.4. The Labute approximate surface area is 861 Å². The van der Waals surface area contributed by atoms with Gasteiger partial charge in [0.15, 0.2) is 75.5 Å². The van der Waals surface area contributed by atoms with Crippen molar-refractivity contribution >= 4 is 145 Å². The number of hydrogen-bond acceptors (Lipinski definition) is 16. The molecule has 1 saturated heterocycles. The van der Waals surface area contributed by atoms with Crippen molar-refractivity contribution in [2.75, 3.05) is 55.7 Å². The Kier molecular flexibility index (Phi) is 38.9. The Morgan fingerprint density at radius 3 is 0.953 bits per heavy atom. The van der Waals surface area contributed by atoms with Gasteiger partial charge in [-0.2, -0.15) is 4.99 Å². The summed E-state index contributed by atoms with van der Waals surface area (Å²) in [6.45, 7) is 19.9. The highest BCUT2D eigenvalue weighted by Gasteiger charge is 2.52. The van der Waals surface area contributed by atoms with Gasteiger partial charge >= 0.3 is 49.2 Å². The predicted octanol–water partition coefficient (Wildman–Crippen LogP) is 26.7. The average molecular weight is 2120 g/mol. The molecule has 3 aliphatic carbocycles. The molecule has 25 nitrogen and oxygen atoms in total. The zero-order valence-corrected chi connectivity index (χ0v) is 84.3. The number of carboxylic acid groups (broad SMARTS) is 1. The first-order valence-electron chi connectivity index (χ1n) is 47.4. The maximum atomic E-state index is 13.4. The molecule has 0 spiro atoms. The molecule has 1 fully saturated rings. The lowest BCUT2D eigenvalue weighted by molar-refractivity contribution is -0.146. The van der Waals surface area contributed by atoms with Crippen molar-refractivity contribution < 1.29 is 121 Å². The van der Waals surface area contributed by atoms with Crippen LogP contribution in [-0.2, 0) is 57.2 Å². The Balaban J connectivity index is 0.000000175. The third kappa shape index (κ3) is 30.3. The fourth-order valence-corrected chi connectivity index (χ4v) is 17.1. The van der Waals surface area contributed by atoms with E-state index in [2.05, 4.69) is 69.5 Å². The summed E-state index contributed by atoms with van der Waals surface area (Å²) in [7, 11) is -0.486. The lowest BCUT2D eigenvalue weighted by Crippen LogP contribution is -2.41. The lowest BCUT2D eigenvalue weighted by atomic mass is 9.67. The molecule has 0 bridgehead atoms. The summed E-state index contributed by atoms with van der Waals surface area (Å²) in [5.74, 6) is -11.6. The van der Waals surface area contributed by atoms with E-state index in [1.54, 1.807) is 92.7 Å². The monoisotopic (exact) mass is 2110 g/mol. The van der Waals surface area contributed by atoms with Crippen LogP contribution in [0.3, 0.4) is 0 Å². The number of aryl methyl sites for hydroxylation is 4. The van der Waals surface area contributed by atoms with Crippen molar-refractivity contribution in [2.45, 2.75) is 157 Å². The van der Waals surface area contributed by atoms with Gasteiger partial charge in [0.2, 0.25) is 6.08 Å². The molecular weight excluding hydrogens is 2010 g/mol. The van der Waals surface area contributed by atoms with Crippen LogP contribution in [0.25, 0.3) is 22.3 Å². The van der Waals surface area contributed by atoms with Crippen molar-refractivity contribution in [3.8, 4) is 22.3 Å². The van der Waals surface area contributed by atoms with E-state index in [9.17, 15) is 102 Å². The summed E-state index contributed by atoms with van der Waals surface area (Å²) in [6, 6.07) is 58.5. The molecule has 1 aliphatic heterocycles. The summed E-state index contributed by atoms with van der Waals surface area (Å²) in [5, 5.41) is 29.5. The van der Waals surface area contributed by atoms with Crippen LogP contribution >= 0.6 is 15.9 Å². The average Bonchev–Trinajstić information content (AvgIpc) is 1.74. The summed E-state index contributed by atoms with van der Waals surface area (Å²) >= 11 is 3.27. The number of carbonyl (C=O) groups is 10. The molecule has 0 unspecified atom stereocenters. The molecular formula is C112H107BBrF10N9O16. The maximum Gasteiger partial charge on any atom is 0.494 e. The number of halogens is 11. The number of aliphatic imine (C=N–C) groups is 1. The van der Waals surface area contributed by atoms with Crippen LogP contribution in [0.1, 0.15) is 173 Å². The smallest absolute Gasteiger partial charge is 0.481 e. The number of esters is 2. The zero-order valence-electron chi connectivity index (χ0n) is 82.7. The minimum atomic E-state index is -1.05. The number of aliphatic carboxylic acids is 1. The van der Waals surface area contributed by atoms with Gasteiger partial charge in [-0.25, -0.2) is 67.9 Å². The van der Waals surface area contributed by atoms with E-state index in [0.717, 1.165) is 128 Å². The van der Waals surface area contributed by atoms with E-state index in [1.807, 2.05) is 122 Å². The third-order valence-electron chi connectivity index (χ3n) is 25.9. The van der Waals surface area contributed by atoms with Gasteiger partial charge in [0.25, 0.3) is 0 Å². The van der Waals surface area contributed by atoms with Crippen molar-refractivity contribution in [3.63, 3.8) is 0 Å². The lowest BCUT2D eigenvalue weighted by Gasteiger charge is -2.35. The first-order valence-corrected chi connectivity index (χ1v) is 48.2. The minimum Gasteiger partial charge on any atom is -0.481 e. The molecule has 37 heteroatoms. The van der Waals surface area contributed by atoms with Crippen LogP contribution in [0.2, 0.25) is 0 Å². The van der Waals surface area contributed by atoms with Crippen LogP contribution in [0.15, 0.2) is 252 Å². The standard InChI is InChI=1S/C29H28F2N2O4.C27H24F2N2O4.C19H21BF2N2O3.C17H22O3.C13H9BrF2N2O.C7H3F2NO/c1-3-29(17-26(34)37-4-2)14-13-20-15-19(7-11-23(20)27(29)35)18-5-8-21(9-6-18)32-28(36)33-22-10-12-24(30)25(31)16-22;1-2-27(15-24(32)33)12-11-18-13-17(5-9-21(18)25(27)34)16-3-6-19(7-4-16)30-26(35)31-20-8-10-22(28)23(29)14-20;1-18(2)19(3,4)27-20(26-18)12-5-7-13(8-6-12)23-17(25)24-14-9-10-15(21)16(22)11-14;1-4-17(11-15(18)20-5-2)9-8-13-10-12(3)6-7-14(13)16(17)19;14-8-1-3-9(4-2-8)17-13(19)18-10-5-6-11(15)12(16)7-10;8-6-2-1-5(10-4-11)3-7(6)9/h5-12,15-16H,3-4,13-14,17H2,1-2H3,(H2,32,33,36);3-10,13-14H,2,11-12,15H2,1H3,(H,32,33)(H2,30,31,35);5-11H,1-4H3,(H2,23,24,25);6-7,10H,4-5,8-9,11H2,1-3H3;1-7H,(H2,17,18,19);1-3H/t29-;27-;;17-;;/m00.0../s1. The van der Waals surface area contributed by atoms with E-state index in [1.165, 1.54) is 42.0 Å². The molecule has 0 saturated carbocycles. The number of carbonyl (C=O) groups excluding carboxylic acids is 10. The van der Waals surface area contributed by atoms with Crippen LogP contribution in [-0.4, -0.2) is 102 Å². The molecule has 1 heterocycles. The summed E-state index contributed by atoms with van der Waals surface area (Å²) in [5.41, 5.74) is 10.3. The summed E-state index contributed by atoms with van der Waals surface area (Å²) in [4.78, 5) is 135. The second-order valence-corrected chi connectivity index (χ2v) is 37.2. The van der Waals surface area contributed by atoms with Gasteiger partial charge in [0.05, 0.1) is 49.4 Å². The molecule has 12 aromatic carbocycles. The molecule has 4 aliphatic rings. The molecule has 12 aromatic rings. The number of fused-ring (bicyclic) bond motifs is 3. The number of isocyanates is 1. The van der Waals surface area contributed by atoms with Crippen LogP contribution in [0, 0.1) is 81.3 Å². The van der Waals surface area contributed by atoms with E-state index < -0.39 is 123 Å². The largest absolute Gasteiger partial charge is 0.494 e. The van der Waals surface area contributed by atoms with Gasteiger partial charge in [0.1, 0.15) is 0 Å². The Bertz CT molecular complexity index is 6990. The van der Waals surface area contributed by atoms with Crippen LogP contribution in [0.5, 0.6) is 0 Å². The van der Waals surface area contributed by atoms with Gasteiger partial charge in [-0.3, -0.25) is 28.8 Å². The Morgan fingerprint density at radius 2 is 0.644 bits per heavy atom. The van der Waals surface area contributed by atoms with Gasteiger partial charge < -0.3 is 66.4 Å². The van der Waals surface area contributed by atoms with Crippen molar-refractivity contribution in [2.24, 2.45) is 21.2 Å². The predicted molar refractivity (Wildman–Crippen MR) is 552 cm³/mol. The molecule has 8 amide bonds. The van der Waals surface area contributed by atoms with E-state index in [0.29, 0.717) is 92.0 Å². The second-order valence-electron chi connectivity index (χ2n) is 36.3. The van der Waals surface area contributed by atoms with Crippen LogP contribution in [0.4, 0.5) is 114 Å². The number of Topliss-reactive ketones (excluding diaryl/α,β-unsaturated/α-hetero) is 3. The number of benzene rings is 12. The molecule has 0 aromatic heterocycles. The Hall–Kier alpha value is -15.7. The molecule has 0 radical (unpaired) electrons. The topological polar surface area (TPSA) is 354 Å². The van der Waals surface area contributed by atoms with Crippen molar-refractivity contribution in [3.05, 3.63) is 344 Å². The number of rotatable bonds is 23. The highest BCUT2D eigenvalue weighted by Crippen LogP contribution is 2.47. The highest BCUT2D eigenvalue weighted by molar-refractivity contribution is 9.10.